The number of ether oxygens (including phenoxy) is 1. The molecule has 3 aromatic rings. The molecule has 0 unspecified atom stereocenters. The van der Waals surface area contributed by atoms with Crippen LogP contribution in [0.15, 0.2) is 41.7 Å². The first kappa shape index (κ1) is 19.1. The molecule has 9 heteroatoms. The summed E-state index contributed by atoms with van der Waals surface area (Å²) < 4.78 is 7.63. The topological polar surface area (TPSA) is 89.9 Å². The number of carbonyl (C=O) groups is 1. The van der Waals surface area contributed by atoms with Crippen molar-refractivity contribution in [2.45, 2.75) is 18.9 Å². The number of carbonyl (C=O) groups excluding carboxylic acids is 1. The zero-order valence-electron chi connectivity index (χ0n) is 14.9. The van der Waals surface area contributed by atoms with Crippen LogP contribution in [0.2, 0.25) is 5.15 Å². The van der Waals surface area contributed by atoms with Crippen molar-refractivity contribution in [3.8, 4) is 11.3 Å². The monoisotopic (exact) mass is 401 g/mol. The summed E-state index contributed by atoms with van der Waals surface area (Å²) in [6.45, 7) is 4.04. The number of nitrogens with zero attached hydrogens (tertiary/aromatic N) is 4. The van der Waals surface area contributed by atoms with Gasteiger partial charge in [-0.25, -0.2) is 19.7 Å². The Hall–Kier alpha value is -2.71. The molecule has 0 aliphatic heterocycles. The Morgan fingerprint density at radius 3 is 2.59 bits per heavy atom. The summed E-state index contributed by atoms with van der Waals surface area (Å²) in [7, 11) is 1.29. The molecule has 0 aliphatic carbocycles. The van der Waals surface area contributed by atoms with E-state index >= 15 is 0 Å². The van der Waals surface area contributed by atoms with Crippen molar-refractivity contribution in [3.05, 3.63) is 58.6 Å². The van der Waals surface area contributed by atoms with Gasteiger partial charge in [0.05, 0.1) is 25.2 Å². The molecule has 2 heterocycles. The summed E-state index contributed by atoms with van der Waals surface area (Å²) in [5, 5.41) is 0.787. The second kappa shape index (κ2) is 8.32. The minimum absolute atomic E-state index is 0.118. The fourth-order valence-corrected chi connectivity index (χ4v) is 3.24. The second-order valence-corrected chi connectivity index (χ2v) is 6.82. The van der Waals surface area contributed by atoms with Crippen molar-refractivity contribution in [2.24, 2.45) is 0 Å². The standard InChI is InChI=1S/C18H16ClN5O2S/c1-10-5-4-6-11(2)16(10)12-7-14(19)23-18(22-12)24-27-15-9-20-8-13(21-15)17(25)26-3/h4-9H,1-3H3,(H,22,23,24). The largest absolute Gasteiger partial charge is 0.464 e. The highest BCUT2D eigenvalue weighted by Crippen LogP contribution is 2.28. The van der Waals surface area contributed by atoms with Gasteiger partial charge in [0.15, 0.2) is 5.69 Å². The first-order valence-electron chi connectivity index (χ1n) is 7.92. The number of hydrogen-bond donors (Lipinski definition) is 1. The number of halogens is 1. The van der Waals surface area contributed by atoms with E-state index in [1.165, 1.54) is 19.5 Å². The van der Waals surface area contributed by atoms with Crippen LogP contribution in [0.1, 0.15) is 21.6 Å². The van der Waals surface area contributed by atoms with E-state index in [1.807, 2.05) is 32.0 Å². The molecule has 7 nitrogen and oxygen atoms in total. The van der Waals surface area contributed by atoms with Crippen molar-refractivity contribution in [2.75, 3.05) is 11.8 Å². The first-order chi connectivity index (χ1) is 13.0. The minimum atomic E-state index is -0.554. The van der Waals surface area contributed by atoms with Gasteiger partial charge >= 0.3 is 5.97 Å². The summed E-state index contributed by atoms with van der Waals surface area (Å²) in [5.74, 6) is -0.225. The molecule has 0 spiro atoms. The van der Waals surface area contributed by atoms with E-state index in [0.29, 0.717) is 16.1 Å². The Morgan fingerprint density at radius 2 is 1.89 bits per heavy atom. The molecule has 1 N–H and O–H groups in total. The molecule has 0 fully saturated rings. The van der Waals surface area contributed by atoms with Crippen molar-refractivity contribution < 1.29 is 9.53 Å². The van der Waals surface area contributed by atoms with Gasteiger partial charge in [-0.2, -0.15) is 0 Å². The van der Waals surface area contributed by atoms with Crippen LogP contribution in [-0.4, -0.2) is 33.0 Å². The Morgan fingerprint density at radius 1 is 1.15 bits per heavy atom. The minimum Gasteiger partial charge on any atom is -0.464 e. The maximum Gasteiger partial charge on any atom is 0.358 e. The zero-order chi connectivity index (χ0) is 19.4. The third-order valence-corrected chi connectivity index (χ3v) is 4.57. The average molecular weight is 402 g/mol. The number of esters is 1. The molecular formula is C18H16ClN5O2S. The number of methoxy groups -OCH3 is 1. The van der Waals surface area contributed by atoms with Crippen molar-refractivity contribution in [1.29, 1.82) is 0 Å². The number of benzene rings is 1. The Kier molecular flexibility index (Phi) is 5.88. The molecule has 0 bridgehead atoms. The molecule has 0 saturated carbocycles. The van der Waals surface area contributed by atoms with Gasteiger partial charge in [0.1, 0.15) is 10.2 Å². The van der Waals surface area contributed by atoms with Gasteiger partial charge in [0, 0.05) is 23.6 Å². The molecule has 0 amide bonds. The first-order valence-corrected chi connectivity index (χ1v) is 9.11. The van der Waals surface area contributed by atoms with Crippen molar-refractivity contribution in [3.63, 3.8) is 0 Å². The smallest absolute Gasteiger partial charge is 0.358 e. The van der Waals surface area contributed by atoms with Gasteiger partial charge in [-0.15, -0.1) is 0 Å². The van der Waals surface area contributed by atoms with Crippen LogP contribution in [0.4, 0.5) is 5.95 Å². The highest BCUT2D eigenvalue weighted by Gasteiger charge is 2.12. The van der Waals surface area contributed by atoms with E-state index in [-0.39, 0.29) is 5.69 Å². The lowest BCUT2D eigenvalue weighted by molar-refractivity contribution is 0.0592. The van der Waals surface area contributed by atoms with E-state index in [2.05, 4.69) is 29.4 Å². The van der Waals surface area contributed by atoms with Gasteiger partial charge < -0.3 is 4.74 Å². The summed E-state index contributed by atoms with van der Waals surface area (Å²) >= 11 is 7.30. The van der Waals surface area contributed by atoms with Gasteiger partial charge in [-0.3, -0.25) is 9.71 Å². The van der Waals surface area contributed by atoms with Gasteiger partial charge in [0.25, 0.3) is 0 Å². The molecule has 0 saturated heterocycles. The molecule has 3 rings (SSSR count). The number of rotatable bonds is 5. The second-order valence-electron chi connectivity index (χ2n) is 5.60. The lowest BCUT2D eigenvalue weighted by atomic mass is 10.00. The third kappa shape index (κ3) is 4.53. The van der Waals surface area contributed by atoms with Crippen LogP contribution >= 0.6 is 23.5 Å². The van der Waals surface area contributed by atoms with Crippen LogP contribution in [0.25, 0.3) is 11.3 Å². The van der Waals surface area contributed by atoms with Gasteiger partial charge in [-0.1, -0.05) is 29.8 Å². The Labute approximate surface area is 165 Å². The molecule has 0 aliphatic rings. The van der Waals surface area contributed by atoms with Crippen LogP contribution < -0.4 is 4.72 Å². The SMILES string of the molecule is COC(=O)c1cncc(SNc2nc(Cl)cc(-c3c(C)cccc3C)n2)n1. The number of aryl methyl sites for hydroxylation is 2. The maximum absolute atomic E-state index is 11.6. The molecule has 138 valence electrons. The zero-order valence-corrected chi connectivity index (χ0v) is 16.4. The van der Waals surface area contributed by atoms with Gasteiger partial charge in [0.2, 0.25) is 5.95 Å². The van der Waals surface area contributed by atoms with E-state index in [9.17, 15) is 4.79 Å². The number of aromatic nitrogens is 4. The summed E-state index contributed by atoms with van der Waals surface area (Å²) in [6, 6.07) is 7.77. The lowest BCUT2D eigenvalue weighted by Gasteiger charge is -2.11. The normalized spacial score (nSPS) is 10.5. The highest BCUT2D eigenvalue weighted by atomic mass is 35.5. The van der Waals surface area contributed by atoms with E-state index in [4.69, 9.17) is 11.6 Å². The van der Waals surface area contributed by atoms with E-state index in [0.717, 1.165) is 34.3 Å². The molecular weight excluding hydrogens is 386 g/mol. The van der Waals surface area contributed by atoms with E-state index in [1.54, 1.807) is 6.07 Å². The lowest BCUT2D eigenvalue weighted by Crippen LogP contribution is -2.06. The summed E-state index contributed by atoms with van der Waals surface area (Å²) in [6.07, 6.45) is 2.85. The molecule has 27 heavy (non-hydrogen) atoms. The predicted octanol–water partition coefficient (Wildman–Crippen LogP) is 4.11. The van der Waals surface area contributed by atoms with Crippen LogP contribution in [0, 0.1) is 13.8 Å². The highest BCUT2D eigenvalue weighted by molar-refractivity contribution is 8.00. The van der Waals surface area contributed by atoms with Crippen LogP contribution in [0.3, 0.4) is 0 Å². The maximum atomic E-state index is 11.6. The number of anilines is 1. The predicted molar refractivity (Wildman–Crippen MR) is 105 cm³/mol. The Bertz CT molecular complexity index is 979. The summed E-state index contributed by atoms with van der Waals surface area (Å²) in [4.78, 5) is 28.4. The Balaban J connectivity index is 1.85. The third-order valence-electron chi connectivity index (χ3n) is 3.69. The fraction of sp³-hybridized carbons (Fsp3) is 0.167. The quantitative estimate of drug-likeness (QED) is 0.388. The van der Waals surface area contributed by atoms with Crippen LogP contribution in [0.5, 0.6) is 0 Å². The van der Waals surface area contributed by atoms with E-state index < -0.39 is 5.97 Å². The van der Waals surface area contributed by atoms with Crippen molar-refractivity contribution >= 4 is 35.5 Å². The van der Waals surface area contributed by atoms with Crippen LogP contribution in [-0.2, 0) is 4.74 Å². The summed E-state index contributed by atoms with van der Waals surface area (Å²) in [5.41, 5.74) is 4.05. The van der Waals surface area contributed by atoms with Crippen molar-refractivity contribution in [1.82, 2.24) is 19.9 Å². The number of nitrogens with one attached hydrogen (secondary N) is 1. The molecule has 0 radical (unpaired) electrons. The molecule has 2 aromatic heterocycles. The fourth-order valence-electron chi connectivity index (χ4n) is 2.51. The molecule has 0 atom stereocenters. The molecule has 1 aromatic carbocycles. The number of hydrogen-bond acceptors (Lipinski definition) is 8. The van der Waals surface area contributed by atoms with Gasteiger partial charge in [-0.05, 0) is 25.0 Å². The average Bonchev–Trinajstić information content (AvgIpc) is 2.65.